The maximum atomic E-state index is 12.3. The van der Waals surface area contributed by atoms with Gasteiger partial charge in [0.25, 0.3) is 10.0 Å². The van der Waals surface area contributed by atoms with Crippen LogP contribution >= 0.6 is 22.6 Å². The summed E-state index contributed by atoms with van der Waals surface area (Å²) < 4.78 is 27.8. The van der Waals surface area contributed by atoms with Gasteiger partial charge in [-0.3, -0.25) is 9.82 Å². The van der Waals surface area contributed by atoms with Gasteiger partial charge in [-0.05, 0) is 47.7 Å². The second kappa shape index (κ2) is 5.40. The number of carbonyl (C=O) groups is 1. The fourth-order valence-electron chi connectivity index (χ4n) is 1.65. The van der Waals surface area contributed by atoms with Crippen LogP contribution in [0.5, 0.6) is 0 Å². The highest BCUT2D eigenvalue weighted by Crippen LogP contribution is 2.22. The standard InChI is InChI=1S/C11H10IN3O4S/c1-6-10(9(11(16)17)14-13-6)20(18,19)15-8-4-2-3-7(12)5-8/h2-5,15H,1H3,(H,13,14)(H,16,17). The molecular formula is C11H10IN3O4S. The predicted molar refractivity (Wildman–Crippen MR) is 80.3 cm³/mol. The zero-order valence-corrected chi connectivity index (χ0v) is 13.2. The third-order valence-corrected chi connectivity index (χ3v) is 4.65. The van der Waals surface area contributed by atoms with Crippen LogP contribution in [-0.4, -0.2) is 29.7 Å². The summed E-state index contributed by atoms with van der Waals surface area (Å²) in [7, 11) is -4.02. The van der Waals surface area contributed by atoms with Crippen molar-refractivity contribution >= 4 is 44.3 Å². The highest BCUT2D eigenvalue weighted by atomic mass is 127. The molecule has 0 aliphatic rings. The number of nitrogens with zero attached hydrogens (tertiary/aromatic N) is 1. The van der Waals surface area contributed by atoms with Gasteiger partial charge in [-0.1, -0.05) is 6.07 Å². The monoisotopic (exact) mass is 407 g/mol. The number of rotatable bonds is 4. The summed E-state index contributed by atoms with van der Waals surface area (Å²) in [5.41, 5.74) is -0.00463. The van der Waals surface area contributed by atoms with E-state index in [-0.39, 0.29) is 10.6 Å². The number of H-pyrrole nitrogens is 1. The summed E-state index contributed by atoms with van der Waals surface area (Å²) in [4.78, 5) is 10.7. The third-order valence-electron chi connectivity index (χ3n) is 2.44. The molecular weight excluding hydrogens is 397 g/mol. The van der Waals surface area contributed by atoms with E-state index in [1.807, 2.05) is 28.7 Å². The molecule has 0 radical (unpaired) electrons. The summed E-state index contributed by atoms with van der Waals surface area (Å²) in [6.45, 7) is 1.45. The summed E-state index contributed by atoms with van der Waals surface area (Å²) in [6, 6.07) is 6.72. The zero-order chi connectivity index (χ0) is 14.9. The number of aryl methyl sites for hydroxylation is 1. The number of hydrogen-bond donors (Lipinski definition) is 3. The highest BCUT2D eigenvalue weighted by molar-refractivity contribution is 14.1. The Bertz CT molecular complexity index is 770. The summed E-state index contributed by atoms with van der Waals surface area (Å²) in [5.74, 6) is -1.41. The molecule has 0 aliphatic carbocycles. The lowest BCUT2D eigenvalue weighted by Gasteiger charge is -2.08. The Balaban J connectivity index is 2.46. The SMILES string of the molecule is Cc1[nH]nc(C(=O)O)c1S(=O)(=O)Nc1cccc(I)c1. The van der Waals surface area contributed by atoms with Gasteiger partial charge in [0.05, 0.1) is 5.69 Å². The Kier molecular flexibility index (Phi) is 3.99. The normalized spacial score (nSPS) is 11.3. The van der Waals surface area contributed by atoms with E-state index in [4.69, 9.17) is 5.11 Å². The molecule has 20 heavy (non-hydrogen) atoms. The first-order valence-corrected chi connectivity index (χ1v) is 7.94. The van der Waals surface area contributed by atoms with Crippen LogP contribution in [0.15, 0.2) is 29.2 Å². The molecule has 0 spiro atoms. The van der Waals surface area contributed by atoms with Crippen LogP contribution in [0.2, 0.25) is 0 Å². The minimum Gasteiger partial charge on any atom is -0.476 e. The van der Waals surface area contributed by atoms with Crippen molar-refractivity contribution in [2.45, 2.75) is 11.8 Å². The Morgan fingerprint density at radius 1 is 1.45 bits per heavy atom. The Hall–Kier alpha value is -1.62. The van der Waals surface area contributed by atoms with Crippen molar-refractivity contribution in [3.05, 3.63) is 39.2 Å². The van der Waals surface area contributed by atoms with Crippen LogP contribution in [0.1, 0.15) is 16.2 Å². The molecule has 0 atom stereocenters. The molecule has 0 fully saturated rings. The van der Waals surface area contributed by atoms with Gasteiger partial charge in [0, 0.05) is 9.26 Å². The predicted octanol–water partition coefficient (Wildman–Crippen LogP) is 1.82. The second-order valence-corrected chi connectivity index (χ2v) is 6.81. The van der Waals surface area contributed by atoms with E-state index in [0.29, 0.717) is 5.69 Å². The molecule has 7 nitrogen and oxygen atoms in total. The molecule has 0 saturated heterocycles. The average molecular weight is 407 g/mol. The van der Waals surface area contributed by atoms with Crippen LogP contribution in [0.25, 0.3) is 0 Å². The van der Waals surface area contributed by atoms with Crippen molar-refractivity contribution in [3.8, 4) is 0 Å². The van der Waals surface area contributed by atoms with Gasteiger partial charge in [-0.2, -0.15) is 5.10 Å². The number of aromatic nitrogens is 2. The minimum absolute atomic E-state index is 0.167. The van der Waals surface area contributed by atoms with Gasteiger partial charge in [-0.15, -0.1) is 0 Å². The van der Waals surface area contributed by atoms with Gasteiger partial charge in [0.1, 0.15) is 4.90 Å². The van der Waals surface area contributed by atoms with Gasteiger partial charge >= 0.3 is 5.97 Å². The number of aromatic amines is 1. The summed E-state index contributed by atoms with van der Waals surface area (Å²) in [6.07, 6.45) is 0. The summed E-state index contributed by atoms with van der Waals surface area (Å²) >= 11 is 2.05. The van der Waals surface area contributed by atoms with Crippen LogP contribution in [0.3, 0.4) is 0 Å². The van der Waals surface area contributed by atoms with E-state index in [1.54, 1.807) is 18.2 Å². The number of carboxylic acids is 1. The first kappa shape index (κ1) is 14.8. The molecule has 1 heterocycles. The van der Waals surface area contributed by atoms with Crippen molar-refractivity contribution in [2.75, 3.05) is 4.72 Å². The highest BCUT2D eigenvalue weighted by Gasteiger charge is 2.28. The molecule has 0 aliphatic heterocycles. The van der Waals surface area contributed by atoms with Gasteiger partial charge in [-0.25, -0.2) is 13.2 Å². The molecule has 1 aromatic heterocycles. The Labute approximate surface area is 128 Å². The maximum absolute atomic E-state index is 12.3. The van der Waals surface area contributed by atoms with E-state index in [1.165, 1.54) is 6.92 Å². The second-order valence-electron chi connectivity index (χ2n) is 3.95. The number of benzene rings is 1. The number of aromatic carboxylic acids is 1. The number of hydrogen-bond acceptors (Lipinski definition) is 4. The number of halogens is 1. The van der Waals surface area contributed by atoms with E-state index >= 15 is 0 Å². The number of anilines is 1. The van der Waals surface area contributed by atoms with E-state index in [0.717, 1.165) is 3.57 Å². The molecule has 0 amide bonds. The van der Waals surface area contributed by atoms with Gasteiger partial charge < -0.3 is 5.11 Å². The van der Waals surface area contributed by atoms with E-state index in [9.17, 15) is 13.2 Å². The molecule has 106 valence electrons. The number of carboxylic acid groups (broad SMARTS) is 1. The molecule has 2 aromatic rings. The smallest absolute Gasteiger partial charge is 0.357 e. The van der Waals surface area contributed by atoms with Gasteiger partial charge in [0.2, 0.25) is 0 Å². The van der Waals surface area contributed by atoms with Crippen LogP contribution in [-0.2, 0) is 10.0 Å². The molecule has 1 aromatic carbocycles. The van der Waals surface area contributed by atoms with Crippen molar-refractivity contribution in [2.24, 2.45) is 0 Å². The maximum Gasteiger partial charge on any atom is 0.357 e. The third kappa shape index (κ3) is 2.93. The largest absolute Gasteiger partial charge is 0.476 e. The molecule has 2 rings (SSSR count). The molecule has 3 N–H and O–H groups in total. The van der Waals surface area contributed by atoms with Crippen LogP contribution < -0.4 is 4.72 Å². The lowest BCUT2D eigenvalue weighted by Crippen LogP contribution is -2.17. The lowest BCUT2D eigenvalue weighted by atomic mass is 10.3. The fourth-order valence-corrected chi connectivity index (χ4v) is 3.57. The summed E-state index contributed by atoms with van der Waals surface area (Å²) in [5, 5.41) is 14.8. The molecule has 0 bridgehead atoms. The first-order valence-electron chi connectivity index (χ1n) is 5.38. The van der Waals surface area contributed by atoms with Crippen molar-refractivity contribution < 1.29 is 18.3 Å². The quantitative estimate of drug-likeness (QED) is 0.670. The van der Waals surface area contributed by atoms with E-state index in [2.05, 4.69) is 14.9 Å². The number of sulfonamides is 1. The minimum atomic E-state index is -4.02. The van der Waals surface area contributed by atoms with Gasteiger partial charge in [0.15, 0.2) is 5.69 Å². The average Bonchev–Trinajstić information content (AvgIpc) is 2.71. The van der Waals surface area contributed by atoms with Crippen molar-refractivity contribution in [1.29, 1.82) is 0 Å². The van der Waals surface area contributed by atoms with Crippen molar-refractivity contribution in [1.82, 2.24) is 10.2 Å². The molecule has 0 saturated carbocycles. The Morgan fingerprint density at radius 2 is 2.15 bits per heavy atom. The topological polar surface area (TPSA) is 112 Å². The molecule has 9 heteroatoms. The van der Waals surface area contributed by atoms with Crippen LogP contribution in [0.4, 0.5) is 5.69 Å². The Morgan fingerprint density at radius 3 is 2.75 bits per heavy atom. The van der Waals surface area contributed by atoms with Crippen molar-refractivity contribution in [3.63, 3.8) is 0 Å². The fraction of sp³-hybridized carbons (Fsp3) is 0.0909. The first-order chi connectivity index (χ1) is 9.31. The number of nitrogens with one attached hydrogen (secondary N) is 2. The molecule has 0 unspecified atom stereocenters. The lowest BCUT2D eigenvalue weighted by molar-refractivity contribution is 0.0686. The van der Waals surface area contributed by atoms with Crippen LogP contribution in [0, 0.1) is 10.5 Å². The van der Waals surface area contributed by atoms with E-state index < -0.39 is 21.7 Å². The zero-order valence-electron chi connectivity index (χ0n) is 10.2.